The molecule has 0 aromatic rings. The van der Waals surface area contributed by atoms with Crippen molar-refractivity contribution in [2.75, 3.05) is 6.54 Å². The van der Waals surface area contributed by atoms with Gasteiger partial charge < -0.3 is 15.2 Å². The minimum Gasteiger partial charge on any atom is -0.465 e. The van der Waals surface area contributed by atoms with Crippen molar-refractivity contribution in [1.82, 2.24) is 5.32 Å². The molecule has 1 rings (SSSR count). The van der Waals surface area contributed by atoms with Crippen LogP contribution in [0.5, 0.6) is 0 Å². The first kappa shape index (κ1) is 12.8. The lowest BCUT2D eigenvalue weighted by Crippen LogP contribution is -2.49. The summed E-state index contributed by atoms with van der Waals surface area (Å²) >= 11 is 0. The molecule has 5 nitrogen and oxygen atoms in total. The average Bonchev–Trinajstić information content (AvgIpc) is 1.97. The molecule has 5 heteroatoms. The van der Waals surface area contributed by atoms with Crippen LogP contribution in [-0.4, -0.2) is 29.3 Å². The Kier molecular flexibility index (Phi) is 3.45. The van der Waals surface area contributed by atoms with Crippen LogP contribution in [0, 0.1) is 5.41 Å². The van der Waals surface area contributed by atoms with Crippen LogP contribution >= 0.6 is 0 Å². The summed E-state index contributed by atoms with van der Waals surface area (Å²) in [5.41, 5.74) is -1.16. The molecular formula is C11H19NO4. The summed E-state index contributed by atoms with van der Waals surface area (Å²) in [6, 6.07) is 0. The highest BCUT2D eigenvalue weighted by atomic mass is 16.6. The molecule has 0 aromatic heterocycles. The lowest BCUT2D eigenvalue weighted by atomic mass is 9.68. The van der Waals surface area contributed by atoms with Crippen molar-refractivity contribution in [2.45, 2.75) is 45.6 Å². The zero-order valence-corrected chi connectivity index (χ0v) is 10.0. The van der Waals surface area contributed by atoms with E-state index in [1.807, 2.05) is 20.8 Å². The minimum absolute atomic E-state index is 0.150. The quantitative estimate of drug-likeness (QED) is 0.723. The highest BCUT2D eigenvalue weighted by Gasteiger charge is 2.46. The monoisotopic (exact) mass is 229 g/mol. The number of carboxylic acid groups (broad SMARTS) is 1. The van der Waals surface area contributed by atoms with Crippen LogP contribution < -0.4 is 5.32 Å². The fraction of sp³-hybridized carbons (Fsp3) is 0.818. The van der Waals surface area contributed by atoms with E-state index >= 15 is 0 Å². The fourth-order valence-corrected chi connectivity index (χ4v) is 1.69. The second kappa shape index (κ2) is 4.31. The number of carbonyl (C=O) groups excluding carboxylic acids is 1. The molecule has 1 aliphatic carbocycles. The molecule has 0 bridgehead atoms. The van der Waals surface area contributed by atoms with Crippen molar-refractivity contribution in [1.29, 1.82) is 0 Å². The SMILES string of the molecule is CC(C)(C)OC(=O)C1(CNC(=O)O)CCC1. The molecule has 0 heterocycles. The van der Waals surface area contributed by atoms with Crippen molar-refractivity contribution in [3.8, 4) is 0 Å². The third kappa shape index (κ3) is 3.12. The van der Waals surface area contributed by atoms with Gasteiger partial charge in [-0.1, -0.05) is 6.42 Å². The van der Waals surface area contributed by atoms with Crippen LogP contribution in [0.3, 0.4) is 0 Å². The molecule has 1 fully saturated rings. The normalized spacial score (nSPS) is 18.4. The van der Waals surface area contributed by atoms with Gasteiger partial charge in [-0.15, -0.1) is 0 Å². The van der Waals surface area contributed by atoms with Gasteiger partial charge in [0.05, 0.1) is 5.41 Å². The van der Waals surface area contributed by atoms with Gasteiger partial charge in [-0.25, -0.2) is 4.79 Å². The molecule has 2 N–H and O–H groups in total. The number of nitrogens with one attached hydrogen (secondary N) is 1. The largest absolute Gasteiger partial charge is 0.465 e. The van der Waals surface area contributed by atoms with Crippen LogP contribution in [-0.2, 0) is 9.53 Å². The lowest BCUT2D eigenvalue weighted by Gasteiger charge is -2.40. The number of hydrogen-bond donors (Lipinski definition) is 2. The summed E-state index contributed by atoms with van der Waals surface area (Å²) in [5.74, 6) is -0.292. The van der Waals surface area contributed by atoms with Gasteiger partial charge in [0.1, 0.15) is 5.60 Å². The van der Waals surface area contributed by atoms with E-state index in [4.69, 9.17) is 9.84 Å². The molecule has 1 saturated carbocycles. The molecule has 1 aliphatic rings. The van der Waals surface area contributed by atoms with Gasteiger partial charge in [0, 0.05) is 6.54 Å². The molecule has 0 aliphatic heterocycles. The van der Waals surface area contributed by atoms with Crippen molar-refractivity contribution >= 4 is 12.1 Å². The summed E-state index contributed by atoms with van der Waals surface area (Å²) in [4.78, 5) is 22.4. The molecule has 1 amide bonds. The highest BCUT2D eigenvalue weighted by molar-refractivity contribution is 5.79. The molecule has 0 spiro atoms. The van der Waals surface area contributed by atoms with Gasteiger partial charge in [0.2, 0.25) is 0 Å². The third-order valence-electron chi connectivity index (χ3n) is 2.72. The van der Waals surface area contributed by atoms with Gasteiger partial charge in [0.25, 0.3) is 0 Å². The molecular weight excluding hydrogens is 210 g/mol. The topological polar surface area (TPSA) is 75.6 Å². The summed E-state index contributed by atoms with van der Waals surface area (Å²) < 4.78 is 5.31. The third-order valence-corrected chi connectivity index (χ3v) is 2.72. The average molecular weight is 229 g/mol. The minimum atomic E-state index is -1.10. The van der Waals surface area contributed by atoms with E-state index in [1.54, 1.807) is 0 Å². The fourth-order valence-electron chi connectivity index (χ4n) is 1.69. The zero-order chi connectivity index (χ0) is 12.4. The maximum Gasteiger partial charge on any atom is 0.404 e. The molecule has 0 saturated heterocycles. The summed E-state index contributed by atoms with van der Waals surface area (Å²) in [6.45, 7) is 5.57. The number of amides is 1. The van der Waals surface area contributed by atoms with E-state index in [-0.39, 0.29) is 12.5 Å². The van der Waals surface area contributed by atoms with Crippen LogP contribution in [0.15, 0.2) is 0 Å². The molecule has 0 unspecified atom stereocenters. The van der Waals surface area contributed by atoms with Gasteiger partial charge in [-0.3, -0.25) is 4.79 Å². The molecule has 16 heavy (non-hydrogen) atoms. The van der Waals surface area contributed by atoms with Gasteiger partial charge in [-0.05, 0) is 33.6 Å². The maximum absolute atomic E-state index is 11.9. The highest BCUT2D eigenvalue weighted by Crippen LogP contribution is 2.42. The Morgan fingerprint density at radius 3 is 2.25 bits per heavy atom. The van der Waals surface area contributed by atoms with Gasteiger partial charge in [-0.2, -0.15) is 0 Å². The first-order valence-corrected chi connectivity index (χ1v) is 5.45. The summed E-state index contributed by atoms with van der Waals surface area (Å²) in [5, 5.41) is 10.8. The van der Waals surface area contributed by atoms with Gasteiger partial charge >= 0.3 is 12.1 Å². The Hall–Kier alpha value is -1.26. The number of hydrogen-bond acceptors (Lipinski definition) is 3. The lowest BCUT2D eigenvalue weighted by molar-refractivity contribution is -0.172. The van der Waals surface area contributed by atoms with E-state index < -0.39 is 17.1 Å². The van der Waals surface area contributed by atoms with Crippen molar-refractivity contribution in [2.24, 2.45) is 5.41 Å². The molecule has 0 radical (unpaired) electrons. The first-order valence-electron chi connectivity index (χ1n) is 5.45. The van der Waals surface area contributed by atoms with E-state index in [9.17, 15) is 9.59 Å². The zero-order valence-electron chi connectivity index (χ0n) is 10.0. The summed E-state index contributed by atoms with van der Waals surface area (Å²) in [7, 11) is 0. The number of carbonyl (C=O) groups is 2. The second-order valence-electron chi connectivity index (χ2n) is 5.29. The van der Waals surface area contributed by atoms with Crippen LogP contribution in [0.1, 0.15) is 40.0 Å². The Labute approximate surface area is 95.2 Å². The first-order chi connectivity index (χ1) is 7.25. The predicted octanol–water partition coefficient (Wildman–Crippen LogP) is 1.77. The summed E-state index contributed by atoms with van der Waals surface area (Å²) in [6.07, 6.45) is 1.24. The van der Waals surface area contributed by atoms with E-state index in [2.05, 4.69) is 5.32 Å². The van der Waals surface area contributed by atoms with Crippen molar-refractivity contribution < 1.29 is 19.4 Å². The number of rotatable bonds is 3. The van der Waals surface area contributed by atoms with E-state index in [1.165, 1.54) is 0 Å². The smallest absolute Gasteiger partial charge is 0.404 e. The number of ether oxygens (including phenoxy) is 1. The standard InChI is InChI=1S/C11H19NO4/c1-10(2,3)16-8(13)11(5-4-6-11)7-12-9(14)15/h12H,4-7H2,1-3H3,(H,14,15). The number of esters is 1. The molecule has 0 aromatic carbocycles. The van der Waals surface area contributed by atoms with Crippen LogP contribution in [0.25, 0.3) is 0 Å². The Morgan fingerprint density at radius 1 is 1.38 bits per heavy atom. The van der Waals surface area contributed by atoms with Crippen molar-refractivity contribution in [3.63, 3.8) is 0 Å². The Morgan fingerprint density at radius 2 is 1.94 bits per heavy atom. The Balaban J connectivity index is 2.58. The van der Waals surface area contributed by atoms with E-state index in [0.29, 0.717) is 12.8 Å². The Bertz CT molecular complexity index is 289. The second-order valence-corrected chi connectivity index (χ2v) is 5.29. The molecule has 0 atom stereocenters. The van der Waals surface area contributed by atoms with Crippen LogP contribution in [0.2, 0.25) is 0 Å². The molecule has 92 valence electrons. The van der Waals surface area contributed by atoms with E-state index in [0.717, 1.165) is 6.42 Å². The van der Waals surface area contributed by atoms with Crippen LogP contribution in [0.4, 0.5) is 4.79 Å². The predicted molar refractivity (Wildman–Crippen MR) is 58.2 cm³/mol. The van der Waals surface area contributed by atoms with Gasteiger partial charge in [0.15, 0.2) is 0 Å². The maximum atomic E-state index is 11.9. The van der Waals surface area contributed by atoms with Crippen molar-refractivity contribution in [3.05, 3.63) is 0 Å².